The molecule has 1 aromatic carbocycles. The summed E-state index contributed by atoms with van der Waals surface area (Å²) in [6.45, 7) is 3.62. The number of rotatable bonds is 4. The molecule has 0 aliphatic rings. The monoisotopic (exact) mass is 286 g/mol. The van der Waals surface area contributed by atoms with Crippen molar-refractivity contribution < 1.29 is 14.6 Å². The molecule has 1 heterocycles. The average Bonchev–Trinajstić information content (AvgIpc) is 2.45. The first-order valence-corrected chi connectivity index (χ1v) is 6.54. The molecule has 0 amide bonds. The molecule has 0 aliphatic heterocycles. The molecule has 1 N–H and O–H groups in total. The highest BCUT2D eigenvalue weighted by molar-refractivity contribution is 5.96. The normalized spacial score (nSPS) is 10.3. The lowest BCUT2D eigenvalue weighted by Crippen LogP contribution is -2.18. The van der Waals surface area contributed by atoms with Gasteiger partial charge in [0.1, 0.15) is 17.1 Å². The quantitative estimate of drug-likeness (QED) is 0.935. The Morgan fingerprint density at radius 2 is 1.95 bits per heavy atom. The lowest BCUT2D eigenvalue weighted by molar-refractivity contribution is 0.0696. The second-order valence-electron chi connectivity index (χ2n) is 4.82. The van der Waals surface area contributed by atoms with E-state index < -0.39 is 5.97 Å². The number of para-hydroxylation sites is 2. The van der Waals surface area contributed by atoms with Gasteiger partial charge in [0.15, 0.2) is 0 Å². The number of hydrogen-bond acceptors (Lipinski definition) is 4. The smallest absolute Gasteiger partial charge is 0.339 e. The predicted molar refractivity (Wildman–Crippen MR) is 81.7 cm³/mol. The zero-order valence-corrected chi connectivity index (χ0v) is 12.5. The first-order chi connectivity index (χ1) is 9.95. The van der Waals surface area contributed by atoms with E-state index in [-0.39, 0.29) is 5.56 Å². The number of aryl methyl sites for hydroxylation is 2. The topological polar surface area (TPSA) is 62.7 Å². The number of anilines is 2. The summed E-state index contributed by atoms with van der Waals surface area (Å²) < 4.78 is 5.33. The van der Waals surface area contributed by atoms with Gasteiger partial charge in [-0.05, 0) is 37.6 Å². The van der Waals surface area contributed by atoms with Crippen LogP contribution in [-0.4, -0.2) is 30.2 Å². The van der Waals surface area contributed by atoms with E-state index in [1.54, 1.807) is 32.0 Å². The van der Waals surface area contributed by atoms with Gasteiger partial charge < -0.3 is 14.7 Å². The van der Waals surface area contributed by atoms with Gasteiger partial charge in [-0.15, -0.1) is 0 Å². The van der Waals surface area contributed by atoms with Crippen molar-refractivity contribution in [2.24, 2.45) is 0 Å². The number of ether oxygens (including phenoxy) is 1. The summed E-state index contributed by atoms with van der Waals surface area (Å²) in [5.74, 6) is 0.0820. The fourth-order valence-electron chi connectivity index (χ4n) is 2.35. The van der Waals surface area contributed by atoms with Gasteiger partial charge in [-0.2, -0.15) is 0 Å². The van der Waals surface area contributed by atoms with Crippen LogP contribution in [0.2, 0.25) is 0 Å². The maximum atomic E-state index is 11.5. The van der Waals surface area contributed by atoms with E-state index >= 15 is 0 Å². The molecule has 5 heteroatoms. The van der Waals surface area contributed by atoms with Gasteiger partial charge in [0.05, 0.1) is 12.8 Å². The molecule has 0 saturated heterocycles. The SMILES string of the molecule is COc1ccccc1N(C)c1nc(C)cc(C)c1C(=O)O. The van der Waals surface area contributed by atoms with Crippen molar-refractivity contribution in [3.05, 3.63) is 47.2 Å². The second-order valence-corrected chi connectivity index (χ2v) is 4.82. The summed E-state index contributed by atoms with van der Waals surface area (Å²) in [6.07, 6.45) is 0. The Hall–Kier alpha value is -2.56. The van der Waals surface area contributed by atoms with Crippen LogP contribution in [0.3, 0.4) is 0 Å². The fourth-order valence-corrected chi connectivity index (χ4v) is 2.35. The molecule has 0 aliphatic carbocycles. The number of nitrogens with zero attached hydrogens (tertiary/aromatic N) is 2. The average molecular weight is 286 g/mol. The highest BCUT2D eigenvalue weighted by Gasteiger charge is 2.21. The first kappa shape index (κ1) is 14.8. The third-order valence-electron chi connectivity index (χ3n) is 3.30. The van der Waals surface area contributed by atoms with E-state index in [1.807, 2.05) is 31.2 Å². The van der Waals surface area contributed by atoms with Crippen molar-refractivity contribution in [1.82, 2.24) is 4.98 Å². The molecule has 2 aromatic rings. The van der Waals surface area contributed by atoms with Crippen molar-refractivity contribution in [3.8, 4) is 5.75 Å². The number of aromatic carboxylic acids is 1. The van der Waals surface area contributed by atoms with E-state index in [4.69, 9.17) is 4.74 Å². The summed E-state index contributed by atoms with van der Waals surface area (Å²) in [7, 11) is 3.37. The third-order valence-corrected chi connectivity index (χ3v) is 3.30. The Bertz CT molecular complexity index is 683. The van der Waals surface area contributed by atoms with Crippen LogP contribution < -0.4 is 9.64 Å². The number of methoxy groups -OCH3 is 1. The molecule has 0 bridgehead atoms. The number of aromatic nitrogens is 1. The van der Waals surface area contributed by atoms with Crippen molar-refractivity contribution in [2.75, 3.05) is 19.1 Å². The van der Waals surface area contributed by atoms with Crippen molar-refractivity contribution in [2.45, 2.75) is 13.8 Å². The van der Waals surface area contributed by atoms with Crippen molar-refractivity contribution in [3.63, 3.8) is 0 Å². The summed E-state index contributed by atoms with van der Waals surface area (Å²) in [5.41, 5.74) is 2.43. The van der Waals surface area contributed by atoms with E-state index in [1.165, 1.54) is 0 Å². The van der Waals surface area contributed by atoms with Crippen LogP contribution in [-0.2, 0) is 0 Å². The largest absolute Gasteiger partial charge is 0.495 e. The zero-order chi connectivity index (χ0) is 15.6. The lowest BCUT2D eigenvalue weighted by Gasteiger charge is -2.23. The maximum Gasteiger partial charge on any atom is 0.339 e. The molecule has 1 aromatic heterocycles. The van der Waals surface area contributed by atoms with Crippen molar-refractivity contribution >= 4 is 17.5 Å². The molecular weight excluding hydrogens is 268 g/mol. The predicted octanol–water partition coefficient (Wildman–Crippen LogP) is 3.17. The molecule has 110 valence electrons. The van der Waals surface area contributed by atoms with Gasteiger partial charge in [-0.3, -0.25) is 0 Å². The molecule has 0 atom stereocenters. The van der Waals surface area contributed by atoms with Gasteiger partial charge in [-0.25, -0.2) is 9.78 Å². The highest BCUT2D eigenvalue weighted by atomic mass is 16.5. The third kappa shape index (κ3) is 2.81. The van der Waals surface area contributed by atoms with Crippen LogP contribution in [0.15, 0.2) is 30.3 Å². The van der Waals surface area contributed by atoms with Crippen LogP contribution in [0.1, 0.15) is 21.6 Å². The summed E-state index contributed by atoms with van der Waals surface area (Å²) in [4.78, 5) is 17.7. The molecule has 0 fully saturated rings. The van der Waals surface area contributed by atoms with Gasteiger partial charge in [0.2, 0.25) is 0 Å². The number of hydrogen-bond donors (Lipinski definition) is 1. The minimum Gasteiger partial charge on any atom is -0.495 e. The molecule has 2 rings (SSSR count). The standard InChI is InChI=1S/C16H18N2O3/c1-10-9-11(2)17-15(14(10)16(19)20)18(3)12-7-5-6-8-13(12)21-4/h5-9H,1-4H3,(H,19,20). The van der Waals surface area contributed by atoms with Crippen LogP contribution in [0.5, 0.6) is 5.75 Å². The Morgan fingerprint density at radius 1 is 1.29 bits per heavy atom. The Kier molecular flexibility index (Phi) is 4.12. The van der Waals surface area contributed by atoms with Gasteiger partial charge in [-0.1, -0.05) is 12.1 Å². The molecule has 0 radical (unpaired) electrons. The number of carbonyl (C=O) groups is 1. The lowest BCUT2D eigenvalue weighted by atomic mass is 10.1. The van der Waals surface area contributed by atoms with Crippen LogP contribution in [0, 0.1) is 13.8 Å². The number of carboxylic acid groups (broad SMARTS) is 1. The molecule has 21 heavy (non-hydrogen) atoms. The second kappa shape index (κ2) is 5.83. The van der Waals surface area contributed by atoms with E-state index in [0.29, 0.717) is 17.1 Å². The summed E-state index contributed by atoms with van der Waals surface area (Å²) in [6, 6.07) is 9.20. The van der Waals surface area contributed by atoms with Crippen LogP contribution >= 0.6 is 0 Å². The Balaban J connectivity index is 2.63. The van der Waals surface area contributed by atoms with Gasteiger partial charge in [0.25, 0.3) is 0 Å². The molecule has 0 spiro atoms. The number of carboxylic acids is 1. The minimum atomic E-state index is -0.989. The Labute approximate surface area is 123 Å². The van der Waals surface area contributed by atoms with Gasteiger partial charge in [0, 0.05) is 12.7 Å². The minimum absolute atomic E-state index is 0.203. The molecular formula is C16H18N2O3. The number of benzene rings is 1. The van der Waals surface area contributed by atoms with Crippen molar-refractivity contribution in [1.29, 1.82) is 0 Å². The molecule has 0 unspecified atom stereocenters. The fraction of sp³-hybridized carbons (Fsp3) is 0.250. The summed E-state index contributed by atoms with van der Waals surface area (Å²) in [5, 5.41) is 9.46. The van der Waals surface area contributed by atoms with Crippen LogP contribution in [0.4, 0.5) is 11.5 Å². The number of pyridine rings is 1. The van der Waals surface area contributed by atoms with E-state index in [9.17, 15) is 9.90 Å². The molecule has 0 saturated carbocycles. The van der Waals surface area contributed by atoms with Crippen LogP contribution in [0.25, 0.3) is 0 Å². The Morgan fingerprint density at radius 3 is 2.57 bits per heavy atom. The van der Waals surface area contributed by atoms with Gasteiger partial charge >= 0.3 is 5.97 Å². The summed E-state index contributed by atoms with van der Waals surface area (Å²) >= 11 is 0. The van der Waals surface area contributed by atoms with E-state index in [0.717, 1.165) is 11.4 Å². The maximum absolute atomic E-state index is 11.5. The highest BCUT2D eigenvalue weighted by Crippen LogP contribution is 2.33. The first-order valence-electron chi connectivity index (χ1n) is 6.54. The molecule has 5 nitrogen and oxygen atoms in total. The van der Waals surface area contributed by atoms with E-state index in [2.05, 4.69) is 4.98 Å². The zero-order valence-electron chi connectivity index (χ0n) is 12.5.